The van der Waals surface area contributed by atoms with Crippen LogP contribution in [0.15, 0.2) is 61.0 Å². The number of ether oxygens (including phenoxy) is 2. The predicted octanol–water partition coefficient (Wildman–Crippen LogP) is 4.16. The van der Waals surface area contributed by atoms with Gasteiger partial charge >= 0.3 is 5.97 Å². The highest BCUT2D eigenvalue weighted by molar-refractivity contribution is 6.16. The molecule has 0 aliphatic heterocycles. The number of methoxy groups -OCH3 is 2. The molecule has 0 saturated heterocycles. The molecule has 0 radical (unpaired) electrons. The first kappa shape index (κ1) is 16.8. The summed E-state index contributed by atoms with van der Waals surface area (Å²) < 4.78 is 12.2. The molecule has 128 valence electrons. The van der Waals surface area contributed by atoms with Gasteiger partial charge < -0.3 is 14.0 Å². The van der Waals surface area contributed by atoms with Crippen molar-refractivity contribution in [2.45, 2.75) is 13.5 Å². The second-order valence-corrected chi connectivity index (χ2v) is 5.87. The standard InChI is InChI=1S/C21H21NO3/c1-15-12-22(20-11-7-6-9-17(15)20)13-16-8-4-5-10-18(16)19(14-24-2)21(23)25-3/h4-12,14H,13H2,1-3H3. The Morgan fingerprint density at radius 1 is 1.08 bits per heavy atom. The molecule has 4 heteroatoms. The average molecular weight is 335 g/mol. The molecular weight excluding hydrogens is 314 g/mol. The Kier molecular flexibility index (Phi) is 4.89. The van der Waals surface area contributed by atoms with E-state index in [1.165, 1.54) is 36.9 Å². The van der Waals surface area contributed by atoms with Crippen molar-refractivity contribution in [3.63, 3.8) is 0 Å². The second kappa shape index (κ2) is 7.26. The summed E-state index contributed by atoms with van der Waals surface area (Å²) in [5.41, 5.74) is 4.65. The summed E-state index contributed by atoms with van der Waals surface area (Å²) in [5.74, 6) is -0.414. The maximum Gasteiger partial charge on any atom is 0.341 e. The molecule has 2 aromatic carbocycles. The number of para-hydroxylation sites is 1. The molecule has 0 unspecified atom stereocenters. The molecule has 0 aliphatic carbocycles. The van der Waals surface area contributed by atoms with Crippen molar-refractivity contribution in [2.24, 2.45) is 0 Å². The SMILES string of the molecule is COC=C(C(=O)OC)c1ccccc1Cn1cc(C)c2ccccc21. The van der Waals surface area contributed by atoms with Gasteiger partial charge in [0.2, 0.25) is 0 Å². The van der Waals surface area contributed by atoms with Crippen molar-refractivity contribution in [3.05, 3.63) is 77.7 Å². The lowest BCUT2D eigenvalue weighted by Crippen LogP contribution is -2.08. The van der Waals surface area contributed by atoms with Crippen molar-refractivity contribution in [3.8, 4) is 0 Å². The molecule has 0 atom stereocenters. The summed E-state index contributed by atoms with van der Waals surface area (Å²) in [4.78, 5) is 12.1. The Bertz CT molecular complexity index is 937. The summed E-state index contributed by atoms with van der Waals surface area (Å²) in [6, 6.07) is 16.1. The molecular formula is C21H21NO3. The topological polar surface area (TPSA) is 40.5 Å². The minimum atomic E-state index is -0.414. The highest BCUT2D eigenvalue weighted by Crippen LogP contribution is 2.25. The number of aromatic nitrogens is 1. The van der Waals surface area contributed by atoms with Crippen molar-refractivity contribution in [2.75, 3.05) is 14.2 Å². The number of esters is 1. The molecule has 0 spiro atoms. The highest BCUT2D eigenvalue weighted by atomic mass is 16.5. The molecule has 3 rings (SSSR count). The number of benzene rings is 2. The molecule has 4 nitrogen and oxygen atoms in total. The Balaban J connectivity index is 2.07. The lowest BCUT2D eigenvalue weighted by atomic mass is 10.0. The normalized spacial score (nSPS) is 11.6. The lowest BCUT2D eigenvalue weighted by Gasteiger charge is -2.13. The van der Waals surface area contributed by atoms with Crippen LogP contribution in [-0.2, 0) is 20.8 Å². The minimum absolute atomic E-state index is 0.411. The molecule has 0 amide bonds. The van der Waals surface area contributed by atoms with Crippen LogP contribution in [-0.4, -0.2) is 24.8 Å². The molecule has 0 bridgehead atoms. The van der Waals surface area contributed by atoms with Crippen molar-refractivity contribution < 1.29 is 14.3 Å². The van der Waals surface area contributed by atoms with E-state index in [4.69, 9.17) is 9.47 Å². The van der Waals surface area contributed by atoms with Crippen molar-refractivity contribution in [1.82, 2.24) is 4.57 Å². The number of hydrogen-bond acceptors (Lipinski definition) is 3. The van der Waals surface area contributed by atoms with Gasteiger partial charge in [-0.2, -0.15) is 0 Å². The molecule has 25 heavy (non-hydrogen) atoms. The minimum Gasteiger partial charge on any atom is -0.503 e. The molecule has 0 fully saturated rings. The van der Waals surface area contributed by atoms with Crippen molar-refractivity contribution in [1.29, 1.82) is 0 Å². The van der Waals surface area contributed by atoms with Gasteiger partial charge in [0, 0.05) is 23.6 Å². The second-order valence-electron chi connectivity index (χ2n) is 5.87. The maximum absolute atomic E-state index is 12.1. The van der Waals surface area contributed by atoms with Crippen LogP contribution in [0.4, 0.5) is 0 Å². The molecule has 0 aliphatic rings. The fraction of sp³-hybridized carbons (Fsp3) is 0.190. The molecule has 1 heterocycles. The van der Waals surface area contributed by atoms with Gasteiger partial charge in [0.25, 0.3) is 0 Å². The van der Waals surface area contributed by atoms with Crippen LogP contribution in [0.1, 0.15) is 16.7 Å². The van der Waals surface area contributed by atoms with E-state index in [0.717, 1.165) is 11.1 Å². The summed E-state index contributed by atoms with van der Waals surface area (Å²) in [6.07, 6.45) is 3.57. The first-order chi connectivity index (χ1) is 12.2. The number of carbonyl (C=O) groups excluding carboxylic acids is 1. The van der Waals surface area contributed by atoms with E-state index < -0.39 is 5.97 Å². The quantitative estimate of drug-likeness (QED) is 0.399. The van der Waals surface area contributed by atoms with E-state index in [1.54, 1.807) is 0 Å². The van der Waals surface area contributed by atoms with Crippen molar-refractivity contribution >= 4 is 22.4 Å². The van der Waals surface area contributed by atoms with E-state index >= 15 is 0 Å². The van der Waals surface area contributed by atoms with E-state index in [1.807, 2.05) is 36.4 Å². The summed E-state index contributed by atoms with van der Waals surface area (Å²) in [6.45, 7) is 2.76. The number of rotatable bonds is 5. The van der Waals surface area contributed by atoms with Gasteiger partial charge in [0.15, 0.2) is 0 Å². The van der Waals surface area contributed by atoms with Crippen LogP contribution < -0.4 is 0 Å². The number of hydrogen-bond donors (Lipinski definition) is 0. The van der Waals surface area contributed by atoms with E-state index in [9.17, 15) is 4.79 Å². The van der Waals surface area contributed by atoms with Gasteiger partial charge in [-0.25, -0.2) is 4.79 Å². The fourth-order valence-electron chi connectivity index (χ4n) is 3.12. The van der Waals surface area contributed by atoms with Gasteiger partial charge in [0.05, 0.1) is 20.5 Å². The van der Waals surface area contributed by atoms with Crippen LogP contribution in [0, 0.1) is 6.92 Å². The Morgan fingerprint density at radius 2 is 1.80 bits per heavy atom. The summed E-state index contributed by atoms with van der Waals surface area (Å²) >= 11 is 0. The first-order valence-electron chi connectivity index (χ1n) is 8.09. The summed E-state index contributed by atoms with van der Waals surface area (Å²) in [5, 5.41) is 1.24. The van der Waals surface area contributed by atoms with Gasteiger partial charge in [-0.05, 0) is 29.7 Å². The van der Waals surface area contributed by atoms with Gasteiger partial charge in [-0.15, -0.1) is 0 Å². The number of fused-ring (bicyclic) bond motifs is 1. The number of nitrogens with zero attached hydrogens (tertiary/aromatic N) is 1. The largest absolute Gasteiger partial charge is 0.503 e. The van der Waals surface area contributed by atoms with Gasteiger partial charge in [0.1, 0.15) is 5.57 Å². The lowest BCUT2D eigenvalue weighted by molar-refractivity contribution is -0.133. The zero-order valence-electron chi connectivity index (χ0n) is 14.7. The third kappa shape index (κ3) is 3.29. The molecule has 0 N–H and O–H groups in total. The number of aryl methyl sites for hydroxylation is 1. The molecule has 3 aromatic rings. The van der Waals surface area contributed by atoms with Crippen LogP contribution >= 0.6 is 0 Å². The monoisotopic (exact) mass is 335 g/mol. The number of carbonyl (C=O) groups is 1. The van der Waals surface area contributed by atoms with Gasteiger partial charge in [-0.3, -0.25) is 0 Å². The molecule has 0 saturated carbocycles. The third-order valence-electron chi connectivity index (χ3n) is 4.28. The van der Waals surface area contributed by atoms with E-state index in [2.05, 4.69) is 29.8 Å². The van der Waals surface area contributed by atoms with Crippen LogP contribution in [0.25, 0.3) is 16.5 Å². The Morgan fingerprint density at radius 3 is 2.56 bits per heavy atom. The highest BCUT2D eigenvalue weighted by Gasteiger charge is 2.17. The molecule has 1 aromatic heterocycles. The van der Waals surface area contributed by atoms with E-state index in [0.29, 0.717) is 12.1 Å². The fourth-order valence-corrected chi connectivity index (χ4v) is 3.12. The Labute approximate surface area is 147 Å². The van der Waals surface area contributed by atoms with Crippen LogP contribution in [0.2, 0.25) is 0 Å². The average Bonchev–Trinajstić information content (AvgIpc) is 2.96. The maximum atomic E-state index is 12.1. The third-order valence-corrected chi connectivity index (χ3v) is 4.28. The van der Waals surface area contributed by atoms with Gasteiger partial charge in [-0.1, -0.05) is 42.5 Å². The van der Waals surface area contributed by atoms with Crippen LogP contribution in [0.5, 0.6) is 0 Å². The first-order valence-corrected chi connectivity index (χ1v) is 8.09. The summed E-state index contributed by atoms with van der Waals surface area (Å²) in [7, 11) is 2.89. The Hall–Kier alpha value is -3.01. The smallest absolute Gasteiger partial charge is 0.341 e. The van der Waals surface area contributed by atoms with Crippen LogP contribution in [0.3, 0.4) is 0 Å². The zero-order valence-corrected chi connectivity index (χ0v) is 14.7. The predicted molar refractivity (Wildman–Crippen MR) is 99.2 cm³/mol. The van der Waals surface area contributed by atoms with E-state index in [-0.39, 0.29) is 0 Å². The zero-order chi connectivity index (χ0) is 17.8.